The van der Waals surface area contributed by atoms with Gasteiger partial charge in [-0.2, -0.15) is 0 Å². The molecule has 0 atom stereocenters. The van der Waals surface area contributed by atoms with E-state index in [1.54, 1.807) is 36.1 Å². The first-order valence-electron chi connectivity index (χ1n) is 14.2. The molecule has 2 heterocycles. The second-order valence-corrected chi connectivity index (χ2v) is 11.5. The van der Waals surface area contributed by atoms with Crippen LogP contribution in [0, 0.1) is 5.41 Å². The summed E-state index contributed by atoms with van der Waals surface area (Å²) < 4.78 is 11.6. The van der Waals surface area contributed by atoms with E-state index >= 15 is 0 Å². The molecule has 2 amide bonds. The fourth-order valence-corrected chi connectivity index (χ4v) is 5.49. The highest BCUT2D eigenvalue weighted by molar-refractivity contribution is 8.93. The number of carbonyl (C=O) groups excluding carboxylic acids is 3. The summed E-state index contributed by atoms with van der Waals surface area (Å²) in [6.45, 7) is 10.2. The van der Waals surface area contributed by atoms with E-state index in [4.69, 9.17) is 14.9 Å². The van der Waals surface area contributed by atoms with Crippen molar-refractivity contribution in [3.63, 3.8) is 0 Å². The van der Waals surface area contributed by atoms with Crippen LogP contribution in [0.1, 0.15) is 65.1 Å². The normalized spacial score (nSPS) is 14.7. The summed E-state index contributed by atoms with van der Waals surface area (Å²) in [7, 11) is 3.17. The van der Waals surface area contributed by atoms with Gasteiger partial charge in [0.15, 0.2) is 5.78 Å². The van der Waals surface area contributed by atoms with Gasteiger partial charge in [-0.25, -0.2) is 0 Å². The molecule has 1 fully saturated rings. The number of fused-ring (bicyclic) bond motifs is 1. The molecule has 2 aliphatic rings. The molecule has 2 aliphatic heterocycles. The summed E-state index contributed by atoms with van der Waals surface area (Å²) in [5.74, 6) is 0.574. The molecule has 0 saturated carbocycles. The molecule has 234 valence electrons. The lowest BCUT2D eigenvalue weighted by Crippen LogP contribution is -2.49. The van der Waals surface area contributed by atoms with E-state index in [9.17, 15) is 19.5 Å². The summed E-state index contributed by atoms with van der Waals surface area (Å²) >= 11 is 0. The van der Waals surface area contributed by atoms with Gasteiger partial charge in [0, 0.05) is 56.5 Å². The third-order valence-electron chi connectivity index (χ3n) is 7.76. The number of benzene rings is 2. The molecule has 0 radical (unpaired) electrons. The standard InChI is InChI=1S/C31H41N5O6.BrH/c1-7-42-26-14-20-16-36(29(32)21(20)15-22(26)30(40)33-5)17-25(38)19-12-23(31(2,3)4)28(41-6)24(13-19)34-8-10-35(11-9-34)27(39)18-37;/h12-15,32,37H,7-11,16-18H2,1-6H3,(H,33,40);1H. The fraction of sp³-hybridized carbons (Fsp3) is 0.484. The van der Waals surface area contributed by atoms with Crippen LogP contribution >= 0.6 is 17.0 Å². The van der Waals surface area contributed by atoms with Gasteiger partial charge >= 0.3 is 0 Å². The highest BCUT2D eigenvalue weighted by atomic mass is 79.9. The number of nitrogens with one attached hydrogen (secondary N) is 2. The van der Waals surface area contributed by atoms with Gasteiger partial charge in [-0.1, -0.05) is 20.8 Å². The summed E-state index contributed by atoms with van der Waals surface area (Å²) in [4.78, 5) is 43.7. The first-order chi connectivity index (χ1) is 19.9. The maximum atomic E-state index is 13.8. The monoisotopic (exact) mass is 659 g/mol. The molecule has 12 heteroatoms. The number of piperazine rings is 1. The van der Waals surface area contributed by atoms with Crippen molar-refractivity contribution in [2.24, 2.45) is 0 Å². The molecular weight excluding hydrogens is 618 g/mol. The molecule has 2 aromatic carbocycles. The Morgan fingerprint density at radius 2 is 1.74 bits per heavy atom. The van der Waals surface area contributed by atoms with Gasteiger partial charge in [-0.15, -0.1) is 17.0 Å². The van der Waals surface area contributed by atoms with Crippen molar-refractivity contribution in [3.8, 4) is 11.5 Å². The quantitative estimate of drug-likeness (QED) is 0.350. The summed E-state index contributed by atoms with van der Waals surface area (Å²) in [6.07, 6.45) is 0. The van der Waals surface area contributed by atoms with Crippen LogP contribution in [0.5, 0.6) is 11.5 Å². The van der Waals surface area contributed by atoms with Gasteiger partial charge in [-0.05, 0) is 42.2 Å². The van der Waals surface area contributed by atoms with E-state index < -0.39 is 6.61 Å². The van der Waals surface area contributed by atoms with Crippen LogP contribution < -0.4 is 19.7 Å². The van der Waals surface area contributed by atoms with Crippen molar-refractivity contribution < 1.29 is 29.0 Å². The van der Waals surface area contributed by atoms with Crippen LogP contribution in [0.3, 0.4) is 0 Å². The minimum Gasteiger partial charge on any atom is -0.494 e. The average molecular weight is 661 g/mol. The van der Waals surface area contributed by atoms with Gasteiger partial charge in [0.05, 0.1) is 31.5 Å². The number of amides is 2. The summed E-state index contributed by atoms with van der Waals surface area (Å²) in [6, 6.07) is 7.16. The number of carbonyl (C=O) groups is 3. The van der Waals surface area contributed by atoms with Gasteiger partial charge in [0.25, 0.3) is 5.91 Å². The van der Waals surface area contributed by atoms with Crippen molar-refractivity contribution in [2.45, 2.75) is 39.7 Å². The smallest absolute Gasteiger partial charge is 0.254 e. The van der Waals surface area contributed by atoms with E-state index in [-0.39, 0.29) is 52.4 Å². The number of hydrogen-bond donors (Lipinski definition) is 3. The number of ketones is 1. The molecule has 0 bridgehead atoms. The van der Waals surface area contributed by atoms with Crippen molar-refractivity contribution in [1.29, 1.82) is 5.41 Å². The van der Waals surface area contributed by atoms with E-state index in [2.05, 4.69) is 31.0 Å². The lowest BCUT2D eigenvalue weighted by molar-refractivity contribution is -0.134. The predicted octanol–water partition coefficient (Wildman–Crippen LogP) is 2.99. The zero-order valence-electron chi connectivity index (χ0n) is 25.7. The van der Waals surface area contributed by atoms with Crippen LogP contribution in [-0.4, -0.2) is 98.4 Å². The minimum absolute atomic E-state index is 0. The second kappa shape index (κ2) is 13.8. The Hall–Kier alpha value is -3.64. The first-order valence-corrected chi connectivity index (χ1v) is 14.2. The molecule has 0 aromatic heterocycles. The highest BCUT2D eigenvalue weighted by Gasteiger charge is 2.32. The minimum atomic E-state index is -0.517. The third kappa shape index (κ3) is 6.96. The van der Waals surface area contributed by atoms with Crippen molar-refractivity contribution in [3.05, 3.63) is 52.1 Å². The Morgan fingerprint density at radius 3 is 2.30 bits per heavy atom. The lowest BCUT2D eigenvalue weighted by atomic mass is 9.84. The van der Waals surface area contributed by atoms with Crippen molar-refractivity contribution in [2.75, 3.05) is 65.0 Å². The maximum Gasteiger partial charge on any atom is 0.254 e. The van der Waals surface area contributed by atoms with E-state index in [0.29, 0.717) is 67.5 Å². The third-order valence-corrected chi connectivity index (χ3v) is 7.76. The van der Waals surface area contributed by atoms with Crippen LogP contribution in [-0.2, 0) is 16.8 Å². The Bertz CT molecular complexity index is 1400. The topological polar surface area (TPSA) is 136 Å². The molecule has 3 N–H and O–H groups in total. The number of anilines is 1. The predicted molar refractivity (Wildman–Crippen MR) is 170 cm³/mol. The first kappa shape index (κ1) is 33.9. The number of ether oxygens (including phenoxy) is 2. The van der Waals surface area contributed by atoms with E-state index in [1.165, 1.54) is 0 Å². The van der Waals surface area contributed by atoms with Gasteiger partial charge in [0.1, 0.15) is 23.9 Å². The number of methoxy groups -OCH3 is 1. The number of aliphatic hydroxyl groups is 1. The lowest BCUT2D eigenvalue weighted by Gasteiger charge is -2.37. The molecule has 0 unspecified atom stereocenters. The molecule has 11 nitrogen and oxygen atoms in total. The largest absolute Gasteiger partial charge is 0.494 e. The molecule has 43 heavy (non-hydrogen) atoms. The molecule has 1 saturated heterocycles. The Balaban J connectivity index is 0.00000506. The number of amidine groups is 1. The number of rotatable bonds is 9. The Kier molecular flexibility index (Phi) is 10.8. The molecule has 2 aromatic rings. The maximum absolute atomic E-state index is 13.8. The second-order valence-electron chi connectivity index (χ2n) is 11.5. The van der Waals surface area contributed by atoms with Crippen LogP contribution in [0.4, 0.5) is 5.69 Å². The van der Waals surface area contributed by atoms with Crippen LogP contribution in [0.15, 0.2) is 24.3 Å². The zero-order valence-corrected chi connectivity index (χ0v) is 27.4. The number of halogens is 1. The Labute approximate surface area is 263 Å². The average Bonchev–Trinajstić information content (AvgIpc) is 3.28. The van der Waals surface area contributed by atoms with Crippen molar-refractivity contribution in [1.82, 2.24) is 15.1 Å². The zero-order chi connectivity index (χ0) is 30.8. The van der Waals surface area contributed by atoms with Gasteiger partial charge in [0.2, 0.25) is 5.91 Å². The molecular formula is C31H42BrN5O6. The molecule has 0 aliphatic carbocycles. The van der Waals surface area contributed by atoms with Gasteiger partial charge < -0.3 is 34.6 Å². The number of nitrogens with zero attached hydrogens (tertiary/aromatic N) is 3. The van der Waals surface area contributed by atoms with Gasteiger partial charge in [-0.3, -0.25) is 19.8 Å². The highest BCUT2D eigenvalue weighted by Crippen LogP contribution is 2.41. The molecule has 0 spiro atoms. The van der Waals surface area contributed by atoms with E-state index in [1.807, 2.05) is 19.1 Å². The summed E-state index contributed by atoms with van der Waals surface area (Å²) in [5, 5.41) is 20.7. The SMILES string of the molecule is Br.CCOc1cc2c(cc1C(=O)NC)C(=N)N(CC(=O)c1cc(N3CCN(C(=O)CO)CC3)c(OC)c(C(C)(C)C)c1)C2. The summed E-state index contributed by atoms with van der Waals surface area (Å²) in [5.41, 5.74) is 3.63. The number of hydrogen-bond acceptors (Lipinski definition) is 8. The Morgan fingerprint density at radius 1 is 1.07 bits per heavy atom. The van der Waals surface area contributed by atoms with Crippen LogP contribution in [0.2, 0.25) is 0 Å². The van der Waals surface area contributed by atoms with E-state index in [0.717, 1.165) is 16.8 Å². The fourth-order valence-electron chi connectivity index (χ4n) is 5.49. The number of aliphatic hydroxyl groups excluding tert-OH is 1. The van der Waals surface area contributed by atoms with Crippen molar-refractivity contribution >= 4 is 46.1 Å². The number of Topliss-reactive ketones (excluding diaryl/α,β-unsaturated/α-hetero) is 1. The molecule has 4 rings (SSSR count). The van der Waals surface area contributed by atoms with Crippen LogP contribution in [0.25, 0.3) is 0 Å².